The summed E-state index contributed by atoms with van der Waals surface area (Å²) in [5, 5.41) is 0. The summed E-state index contributed by atoms with van der Waals surface area (Å²) in [5.41, 5.74) is 0.863. The largest absolute Gasteiger partial charge is 0.493 e. The van der Waals surface area contributed by atoms with E-state index in [-0.39, 0.29) is 0 Å². The van der Waals surface area contributed by atoms with E-state index in [0.717, 1.165) is 11.3 Å². The Balaban J connectivity index is 2.77. The minimum atomic E-state index is 0.489. The number of nitrogens with zero attached hydrogens (tertiary/aromatic N) is 1. The summed E-state index contributed by atoms with van der Waals surface area (Å²) in [6, 6.07) is 1.81. The first-order valence-corrected chi connectivity index (χ1v) is 3.85. The first kappa shape index (κ1) is 9.00. The maximum absolute atomic E-state index is 5.34. The molecule has 0 aromatic carbocycles. The van der Waals surface area contributed by atoms with Gasteiger partial charge in [-0.3, -0.25) is 4.98 Å². The van der Waals surface area contributed by atoms with Gasteiger partial charge < -0.3 is 9.47 Å². The van der Waals surface area contributed by atoms with Crippen LogP contribution in [0.25, 0.3) is 0 Å². The van der Waals surface area contributed by atoms with Crippen LogP contribution in [0.4, 0.5) is 0 Å². The predicted molar refractivity (Wildman–Crippen MR) is 45.0 cm³/mol. The third-order valence-corrected chi connectivity index (χ3v) is 1.39. The van der Waals surface area contributed by atoms with Gasteiger partial charge in [-0.05, 0) is 13.0 Å². The third kappa shape index (κ3) is 2.20. The molecular formula is C9H12NO2. The van der Waals surface area contributed by atoms with Crippen molar-refractivity contribution in [1.29, 1.82) is 0 Å². The number of hydrogen-bond acceptors (Lipinski definition) is 3. The molecule has 0 bridgehead atoms. The molecule has 0 saturated heterocycles. The summed E-state index contributed by atoms with van der Waals surface area (Å²) in [4.78, 5) is 3.86. The van der Waals surface area contributed by atoms with Crippen LogP contribution in [-0.2, 0) is 11.3 Å². The second-order valence-electron chi connectivity index (χ2n) is 2.27. The Labute approximate surface area is 72.3 Å². The molecule has 0 amide bonds. The van der Waals surface area contributed by atoms with Crippen LogP contribution in [0.5, 0.6) is 5.75 Å². The molecule has 0 aliphatic carbocycles. The van der Waals surface area contributed by atoms with Gasteiger partial charge in [-0.2, -0.15) is 0 Å². The Bertz CT molecular complexity index is 213. The molecule has 1 heterocycles. The zero-order valence-corrected chi connectivity index (χ0v) is 7.33. The number of ether oxygens (including phenoxy) is 2. The molecule has 0 saturated carbocycles. The first-order valence-electron chi connectivity index (χ1n) is 3.85. The van der Waals surface area contributed by atoms with E-state index in [1.54, 1.807) is 13.3 Å². The van der Waals surface area contributed by atoms with Crippen molar-refractivity contribution in [3.63, 3.8) is 0 Å². The monoisotopic (exact) mass is 166 g/mol. The predicted octanol–water partition coefficient (Wildman–Crippen LogP) is 1.43. The van der Waals surface area contributed by atoms with Gasteiger partial charge in [-0.1, -0.05) is 0 Å². The lowest BCUT2D eigenvalue weighted by Gasteiger charge is -2.07. The van der Waals surface area contributed by atoms with Crippen molar-refractivity contribution in [1.82, 2.24) is 4.98 Å². The van der Waals surface area contributed by atoms with Crippen molar-refractivity contribution >= 4 is 0 Å². The van der Waals surface area contributed by atoms with Gasteiger partial charge in [0.2, 0.25) is 0 Å². The summed E-state index contributed by atoms with van der Waals surface area (Å²) in [7, 11) is 1.64. The molecule has 0 atom stereocenters. The van der Waals surface area contributed by atoms with Crippen molar-refractivity contribution in [2.75, 3.05) is 13.7 Å². The van der Waals surface area contributed by atoms with E-state index < -0.39 is 0 Å². The highest BCUT2D eigenvalue weighted by atomic mass is 16.5. The van der Waals surface area contributed by atoms with Crippen LogP contribution >= 0.6 is 0 Å². The van der Waals surface area contributed by atoms with E-state index in [4.69, 9.17) is 9.47 Å². The van der Waals surface area contributed by atoms with Crippen molar-refractivity contribution in [2.45, 2.75) is 13.5 Å². The molecule has 0 unspecified atom stereocenters. The van der Waals surface area contributed by atoms with Crippen LogP contribution in [-0.4, -0.2) is 18.7 Å². The number of rotatable bonds is 4. The molecule has 3 nitrogen and oxygen atoms in total. The zero-order valence-electron chi connectivity index (χ0n) is 7.33. The van der Waals surface area contributed by atoms with Crippen LogP contribution in [0.1, 0.15) is 12.5 Å². The maximum atomic E-state index is 5.34. The molecule has 0 fully saturated rings. The fraction of sp³-hybridized carbons (Fsp3) is 0.444. The van der Waals surface area contributed by atoms with E-state index in [1.807, 2.05) is 13.0 Å². The third-order valence-electron chi connectivity index (χ3n) is 1.39. The lowest BCUT2D eigenvalue weighted by molar-refractivity contribution is 0.179. The number of hydrogen-bond donors (Lipinski definition) is 0. The second kappa shape index (κ2) is 4.72. The van der Waals surface area contributed by atoms with Crippen LogP contribution in [0.2, 0.25) is 0 Å². The van der Waals surface area contributed by atoms with Gasteiger partial charge in [0.05, 0.1) is 19.4 Å². The molecular weight excluding hydrogens is 154 g/mol. The Morgan fingerprint density at radius 1 is 1.58 bits per heavy atom. The summed E-state index contributed by atoms with van der Waals surface area (Å²) < 4.78 is 10.3. The number of methoxy groups -OCH3 is 1. The van der Waals surface area contributed by atoms with Gasteiger partial charge >= 0.3 is 0 Å². The van der Waals surface area contributed by atoms with Crippen LogP contribution in [0.3, 0.4) is 0 Å². The second-order valence-corrected chi connectivity index (χ2v) is 2.27. The minimum absolute atomic E-state index is 0.489. The van der Waals surface area contributed by atoms with E-state index >= 15 is 0 Å². The lowest BCUT2D eigenvalue weighted by Crippen LogP contribution is -1.98. The molecule has 1 aromatic heterocycles. The van der Waals surface area contributed by atoms with Crippen LogP contribution < -0.4 is 4.74 Å². The van der Waals surface area contributed by atoms with Gasteiger partial charge in [0, 0.05) is 18.9 Å². The highest BCUT2D eigenvalue weighted by Crippen LogP contribution is 2.16. The normalized spacial score (nSPS) is 9.83. The number of aromatic nitrogens is 1. The summed E-state index contributed by atoms with van der Waals surface area (Å²) >= 11 is 0. The van der Waals surface area contributed by atoms with Crippen molar-refractivity contribution in [3.05, 3.63) is 24.0 Å². The van der Waals surface area contributed by atoms with Crippen molar-refractivity contribution in [2.24, 2.45) is 0 Å². The van der Waals surface area contributed by atoms with E-state index in [0.29, 0.717) is 13.2 Å². The van der Waals surface area contributed by atoms with Crippen LogP contribution in [0.15, 0.2) is 12.3 Å². The smallest absolute Gasteiger partial charge is 0.128 e. The fourth-order valence-corrected chi connectivity index (χ4v) is 0.914. The Morgan fingerprint density at radius 3 is 3.08 bits per heavy atom. The van der Waals surface area contributed by atoms with Gasteiger partial charge in [0.25, 0.3) is 0 Å². The Morgan fingerprint density at radius 2 is 2.42 bits per heavy atom. The van der Waals surface area contributed by atoms with Crippen LogP contribution in [0, 0.1) is 6.20 Å². The zero-order chi connectivity index (χ0) is 8.81. The average molecular weight is 166 g/mol. The Kier molecular flexibility index (Phi) is 3.54. The van der Waals surface area contributed by atoms with Gasteiger partial charge in [-0.25, -0.2) is 0 Å². The van der Waals surface area contributed by atoms with Gasteiger partial charge in [0.15, 0.2) is 0 Å². The fourth-order valence-electron chi connectivity index (χ4n) is 0.914. The molecule has 0 N–H and O–H groups in total. The number of pyridine rings is 1. The highest BCUT2D eigenvalue weighted by molar-refractivity contribution is 5.28. The molecule has 3 heteroatoms. The van der Waals surface area contributed by atoms with Crippen molar-refractivity contribution in [3.8, 4) is 5.75 Å². The summed E-state index contributed by atoms with van der Waals surface area (Å²) in [6.07, 6.45) is 4.48. The SMILES string of the molecule is CCOc1ccn[c]c1COC. The maximum Gasteiger partial charge on any atom is 0.128 e. The summed E-state index contributed by atoms with van der Waals surface area (Å²) in [5.74, 6) is 0.800. The molecule has 1 rings (SSSR count). The van der Waals surface area contributed by atoms with E-state index in [2.05, 4.69) is 11.2 Å². The molecule has 0 aliphatic rings. The molecule has 12 heavy (non-hydrogen) atoms. The average Bonchev–Trinajstić information content (AvgIpc) is 2.09. The minimum Gasteiger partial charge on any atom is -0.493 e. The molecule has 0 aliphatic heterocycles. The van der Waals surface area contributed by atoms with Crippen molar-refractivity contribution < 1.29 is 9.47 Å². The topological polar surface area (TPSA) is 31.4 Å². The van der Waals surface area contributed by atoms with E-state index in [1.165, 1.54) is 0 Å². The molecule has 65 valence electrons. The van der Waals surface area contributed by atoms with Gasteiger partial charge in [-0.15, -0.1) is 0 Å². The standard InChI is InChI=1S/C9H12NO2/c1-3-12-9-4-5-10-6-8(9)7-11-2/h4-5H,3,7H2,1-2H3. The highest BCUT2D eigenvalue weighted by Gasteiger charge is 2.01. The van der Waals surface area contributed by atoms with Gasteiger partial charge in [0.1, 0.15) is 5.75 Å². The summed E-state index contributed by atoms with van der Waals surface area (Å²) in [6.45, 7) is 3.08. The molecule has 1 radical (unpaired) electrons. The van der Waals surface area contributed by atoms with E-state index in [9.17, 15) is 0 Å². The lowest BCUT2D eigenvalue weighted by atomic mass is 10.3. The molecule has 1 aromatic rings. The quantitative estimate of drug-likeness (QED) is 0.678. The molecule has 0 spiro atoms. The Hall–Kier alpha value is -1.09. The first-order chi connectivity index (χ1) is 5.88.